The maximum absolute atomic E-state index is 11.5. The summed E-state index contributed by atoms with van der Waals surface area (Å²) in [5.74, 6) is 5.05. The Labute approximate surface area is 102 Å². The number of esters is 1. The molecule has 5 heteroatoms. The lowest BCUT2D eigenvalue weighted by atomic mass is 10.2. The van der Waals surface area contributed by atoms with Gasteiger partial charge in [0.2, 0.25) is 5.91 Å². The normalized spacial score (nSPS) is 11.4. The van der Waals surface area contributed by atoms with E-state index in [2.05, 4.69) is 17.2 Å². The van der Waals surface area contributed by atoms with E-state index in [1.807, 2.05) is 19.0 Å². The molecule has 0 fully saturated rings. The van der Waals surface area contributed by atoms with Crippen molar-refractivity contribution < 1.29 is 14.3 Å². The molecule has 0 aromatic heterocycles. The minimum absolute atomic E-state index is 0.266. The molecule has 5 nitrogen and oxygen atoms in total. The van der Waals surface area contributed by atoms with Crippen molar-refractivity contribution in [3.8, 4) is 11.8 Å². The van der Waals surface area contributed by atoms with Crippen LogP contribution in [0.2, 0.25) is 0 Å². The van der Waals surface area contributed by atoms with Gasteiger partial charge in [0.1, 0.15) is 6.04 Å². The first-order valence-electron chi connectivity index (χ1n) is 5.51. The average Bonchev–Trinajstić information content (AvgIpc) is 2.22. The molecule has 0 saturated heterocycles. The van der Waals surface area contributed by atoms with Crippen molar-refractivity contribution in [2.24, 2.45) is 0 Å². The Bertz CT molecular complexity index is 315. The average molecular weight is 240 g/mol. The molecule has 0 rings (SSSR count). The van der Waals surface area contributed by atoms with Crippen molar-refractivity contribution in [2.45, 2.75) is 26.3 Å². The van der Waals surface area contributed by atoms with E-state index in [-0.39, 0.29) is 12.3 Å². The molecule has 96 valence electrons. The molecule has 0 aliphatic rings. The summed E-state index contributed by atoms with van der Waals surface area (Å²) in [7, 11) is 3.82. The van der Waals surface area contributed by atoms with Crippen LogP contribution >= 0.6 is 0 Å². The predicted molar refractivity (Wildman–Crippen MR) is 65.2 cm³/mol. The summed E-state index contributed by atoms with van der Waals surface area (Å²) in [6.45, 7) is 4.00. The maximum Gasteiger partial charge on any atom is 0.329 e. The minimum atomic E-state index is -0.679. The van der Waals surface area contributed by atoms with E-state index in [0.29, 0.717) is 13.2 Å². The van der Waals surface area contributed by atoms with E-state index in [4.69, 9.17) is 4.74 Å². The highest BCUT2D eigenvalue weighted by Crippen LogP contribution is 1.95. The predicted octanol–water partition coefficient (Wildman–Crippen LogP) is 0.00930. The molecule has 0 heterocycles. The number of nitrogens with zero attached hydrogens (tertiary/aromatic N) is 1. The summed E-state index contributed by atoms with van der Waals surface area (Å²) >= 11 is 0. The Balaban J connectivity index is 4.31. The summed E-state index contributed by atoms with van der Waals surface area (Å²) in [4.78, 5) is 24.3. The highest BCUT2D eigenvalue weighted by atomic mass is 16.5. The first-order valence-corrected chi connectivity index (χ1v) is 5.51. The second-order valence-electron chi connectivity index (χ2n) is 3.80. The van der Waals surface area contributed by atoms with Crippen LogP contribution in [0.4, 0.5) is 0 Å². The first-order chi connectivity index (χ1) is 7.97. The highest BCUT2D eigenvalue weighted by molar-refractivity contribution is 5.83. The van der Waals surface area contributed by atoms with Crippen molar-refractivity contribution in [2.75, 3.05) is 27.2 Å². The molecule has 0 aliphatic heterocycles. The summed E-state index contributed by atoms with van der Waals surface area (Å²) in [6.07, 6.45) is 0.270. The molecule has 0 aliphatic carbocycles. The van der Waals surface area contributed by atoms with Gasteiger partial charge in [-0.2, -0.15) is 0 Å². The third-order valence-corrected chi connectivity index (χ3v) is 1.78. The molecule has 0 saturated carbocycles. The highest BCUT2D eigenvalue weighted by Gasteiger charge is 2.19. The molecular formula is C12H20N2O3. The minimum Gasteiger partial charge on any atom is -0.464 e. The molecule has 17 heavy (non-hydrogen) atoms. The summed E-state index contributed by atoms with van der Waals surface area (Å²) in [5.41, 5.74) is 0. The van der Waals surface area contributed by atoms with E-state index in [1.54, 1.807) is 6.92 Å². The summed E-state index contributed by atoms with van der Waals surface area (Å²) < 4.78 is 4.85. The zero-order valence-electron chi connectivity index (χ0n) is 10.9. The van der Waals surface area contributed by atoms with E-state index < -0.39 is 12.0 Å². The van der Waals surface area contributed by atoms with Gasteiger partial charge in [0.25, 0.3) is 0 Å². The van der Waals surface area contributed by atoms with Crippen LogP contribution in [0.3, 0.4) is 0 Å². The van der Waals surface area contributed by atoms with Crippen LogP contribution in [-0.2, 0) is 14.3 Å². The van der Waals surface area contributed by atoms with Crippen LogP contribution < -0.4 is 5.32 Å². The topological polar surface area (TPSA) is 58.6 Å². The van der Waals surface area contributed by atoms with Crippen molar-refractivity contribution in [1.29, 1.82) is 0 Å². The van der Waals surface area contributed by atoms with Gasteiger partial charge in [-0.15, -0.1) is 0 Å². The van der Waals surface area contributed by atoms with Gasteiger partial charge < -0.3 is 10.1 Å². The SMILES string of the molecule is CCOC(=O)[C@@H](CC#CCN(C)C)NC(C)=O. The molecule has 1 amide bonds. The third kappa shape index (κ3) is 8.29. The molecule has 0 aromatic carbocycles. The lowest BCUT2D eigenvalue weighted by Crippen LogP contribution is -2.40. The van der Waals surface area contributed by atoms with Crippen LogP contribution in [0.25, 0.3) is 0 Å². The molecular weight excluding hydrogens is 220 g/mol. The molecule has 0 spiro atoms. The Morgan fingerprint density at radius 2 is 2.00 bits per heavy atom. The molecule has 1 atom stereocenters. The number of nitrogens with one attached hydrogen (secondary N) is 1. The molecule has 0 radical (unpaired) electrons. The number of hydrogen-bond acceptors (Lipinski definition) is 4. The Morgan fingerprint density at radius 3 is 2.47 bits per heavy atom. The van der Waals surface area contributed by atoms with Crippen molar-refractivity contribution >= 4 is 11.9 Å². The van der Waals surface area contributed by atoms with E-state index in [1.165, 1.54) is 6.92 Å². The number of ether oxygens (including phenoxy) is 1. The standard InChI is InChI=1S/C12H20N2O3/c1-5-17-12(16)11(13-10(2)15)8-6-7-9-14(3)4/h11H,5,8-9H2,1-4H3,(H,13,15)/t11-/m1/s1. The molecule has 0 bridgehead atoms. The second-order valence-corrected chi connectivity index (χ2v) is 3.80. The van der Waals surface area contributed by atoms with Gasteiger partial charge in [0, 0.05) is 13.3 Å². The van der Waals surface area contributed by atoms with Gasteiger partial charge in [-0.1, -0.05) is 11.8 Å². The second kappa shape index (κ2) is 8.59. The van der Waals surface area contributed by atoms with Crippen molar-refractivity contribution in [1.82, 2.24) is 10.2 Å². The van der Waals surface area contributed by atoms with Crippen LogP contribution in [0, 0.1) is 11.8 Å². The monoisotopic (exact) mass is 240 g/mol. The largest absolute Gasteiger partial charge is 0.464 e. The van der Waals surface area contributed by atoms with E-state index in [0.717, 1.165) is 0 Å². The number of carbonyl (C=O) groups is 2. The zero-order chi connectivity index (χ0) is 13.3. The lowest BCUT2D eigenvalue weighted by molar-refractivity contribution is -0.147. The fourth-order valence-corrected chi connectivity index (χ4v) is 1.07. The van der Waals surface area contributed by atoms with Gasteiger partial charge in [-0.05, 0) is 21.0 Å². The molecule has 1 N–H and O–H groups in total. The summed E-state index contributed by atoms with van der Waals surface area (Å²) in [6, 6.07) is -0.679. The Morgan fingerprint density at radius 1 is 1.35 bits per heavy atom. The summed E-state index contributed by atoms with van der Waals surface area (Å²) in [5, 5.41) is 2.52. The van der Waals surface area contributed by atoms with Crippen LogP contribution in [0.15, 0.2) is 0 Å². The number of carbonyl (C=O) groups excluding carboxylic acids is 2. The number of amides is 1. The number of hydrogen-bond donors (Lipinski definition) is 1. The maximum atomic E-state index is 11.5. The fourth-order valence-electron chi connectivity index (χ4n) is 1.07. The quantitative estimate of drug-likeness (QED) is 0.543. The van der Waals surface area contributed by atoms with E-state index >= 15 is 0 Å². The Kier molecular flexibility index (Phi) is 7.82. The van der Waals surface area contributed by atoms with Gasteiger partial charge in [-0.3, -0.25) is 9.69 Å². The smallest absolute Gasteiger partial charge is 0.329 e. The molecule has 0 aromatic rings. The van der Waals surface area contributed by atoms with Crippen LogP contribution in [0.1, 0.15) is 20.3 Å². The fraction of sp³-hybridized carbons (Fsp3) is 0.667. The van der Waals surface area contributed by atoms with Gasteiger partial charge in [0.05, 0.1) is 13.2 Å². The first kappa shape index (κ1) is 15.5. The van der Waals surface area contributed by atoms with Gasteiger partial charge >= 0.3 is 5.97 Å². The van der Waals surface area contributed by atoms with Gasteiger partial charge in [-0.25, -0.2) is 4.79 Å². The third-order valence-electron chi connectivity index (χ3n) is 1.78. The number of rotatable bonds is 5. The van der Waals surface area contributed by atoms with Crippen LogP contribution in [-0.4, -0.2) is 50.1 Å². The van der Waals surface area contributed by atoms with Gasteiger partial charge in [0.15, 0.2) is 0 Å². The van der Waals surface area contributed by atoms with Crippen LogP contribution in [0.5, 0.6) is 0 Å². The van der Waals surface area contributed by atoms with Crippen molar-refractivity contribution in [3.63, 3.8) is 0 Å². The zero-order valence-corrected chi connectivity index (χ0v) is 10.9. The van der Waals surface area contributed by atoms with E-state index in [9.17, 15) is 9.59 Å². The molecule has 0 unspecified atom stereocenters. The lowest BCUT2D eigenvalue weighted by Gasteiger charge is -2.13. The van der Waals surface area contributed by atoms with Crippen molar-refractivity contribution in [3.05, 3.63) is 0 Å². The Hall–Kier alpha value is -1.54.